The molecule has 3 aromatic rings. The zero-order chi connectivity index (χ0) is 22.5. The summed E-state index contributed by atoms with van der Waals surface area (Å²) < 4.78 is 45.0. The van der Waals surface area contributed by atoms with Gasteiger partial charge in [-0.25, -0.2) is 23.1 Å². The van der Waals surface area contributed by atoms with Gasteiger partial charge in [0.15, 0.2) is 17.5 Å². The van der Waals surface area contributed by atoms with Gasteiger partial charge in [-0.2, -0.15) is 0 Å². The molecule has 0 atom stereocenters. The Labute approximate surface area is 185 Å². The second-order valence-electron chi connectivity index (χ2n) is 8.12. The highest BCUT2D eigenvalue weighted by atomic mass is 79.9. The molecule has 10 heteroatoms. The molecule has 0 unspecified atom stereocenters. The number of benzene rings is 1. The zero-order valence-corrected chi connectivity index (χ0v) is 18.8. The molecule has 0 saturated heterocycles. The van der Waals surface area contributed by atoms with Gasteiger partial charge in [0.2, 0.25) is 0 Å². The Kier molecular flexibility index (Phi) is 5.45. The topological polar surface area (TPSA) is 71.8 Å². The minimum atomic E-state index is -1.15. The van der Waals surface area contributed by atoms with Crippen molar-refractivity contribution < 1.29 is 18.0 Å². The molecule has 1 aliphatic rings. The lowest BCUT2D eigenvalue weighted by atomic mass is 10.0. The van der Waals surface area contributed by atoms with Gasteiger partial charge in [-0.3, -0.25) is 4.79 Å². The molecule has 31 heavy (non-hydrogen) atoms. The average molecular weight is 496 g/mol. The van der Waals surface area contributed by atoms with E-state index in [4.69, 9.17) is 0 Å². The van der Waals surface area contributed by atoms with Gasteiger partial charge in [-0.15, -0.1) is 0 Å². The van der Waals surface area contributed by atoms with Crippen LogP contribution in [0.15, 0.2) is 23.1 Å². The summed E-state index contributed by atoms with van der Waals surface area (Å²) >= 11 is 3.31. The number of nitrogens with one attached hydrogen (secondary N) is 2. The van der Waals surface area contributed by atoms with Crippen LogP contribution >= 0.6 is 15.9 Å². The lowest BCUT2D eigenvalue weighted by Gasteiger charge is -2.17. The normalized spacial score (nSPS) is 14.8. The molecule has 1 fully saturated rings. The van der Waals surface area contributed by atoms with Crippen LogP contribution in [0.5, 0.6) is 0 Å². The fraction of sp³-hybridized carbons (Fsp3) is 0.381. The van der Waals surface area contributed by atoms with Crippen molar-refractivity contribution in [2.75, 3.05) is 12.0 Å². The fourth-order valence-corrected chi connectivity index (χ4v) is 3.82. The monoisotopic (exact) mass is 495 g/mol. The standard InChI is InChI=1S/C21H21BrF3N5O/c1-10(2)30-9-26-14-7-15(22)28-19(18(14)30)27-13-6-12(11(3)16(24)17(13)25)20(31)29-21(8-23)4-5-21/h6-7,9-10H,4-5,8H2,1-3H3,(H,27,28)(H,29,31). The highest BCUT2D eigenvalue weighted by Gasteiger charge is 2.44. The number of imidazole rings is 1. The molecule has 0 bridgehead atoms. The number of aromatic nitrogens is 3. The molecule has 1 amide bonds. The van der Waals surface area contributed by atoms with E-state index >= 15 is 0 Å². The number of nitrogens with zero attached hydrogens (tertiary/aromatic N) is 3. The van der Waals surface area contributed by atoms with Crippen molar-refractivity contribution in [2.24, 2.45) is 0 Å². The number of halogens is 4. The van der Waals surface area contributed by atoms with Crippen LogP contribution in [0, 0.1) is 18.6 Å². The molecule has 0 spiro atoms. The third kappa shape index (κ3) is 3.88. The van der Waals surface area contributed by atoms with E-state index in [1.54, 1.807) is 12.4 Å². The van der Waals surface area contributed by atoms with E-state index in [1.807, 2.05) is 18.4 Å². The lowest BCUT2D eigenvalue weighted by molar-refractivity contribution is 0.0922. The third-order valence-electron chi connectivity index (χ3n) is 5.51. The zero-order valence-electron chi connectivity index (χ0n) is 17.2. The van der Waals surface area contributed by atoms with Crippen molar-refractivity contribution in [3.05, 3.63) is 45.8 Å². The second-order valence-corrected chi connectivity index (χ2v) is 8.94. The van der Waals surface area contributed by atoms with E-state index in [-0.39, 0.29) is 28.7 Å². The van der Waals surface area contributed by atoms with Crippen LogP contribution in [0.4, 0.5) is 24.7 Å². The first-order valence-electron chi connectivity index (χ1n) is 9.83. The first-order chi connectivity index (χ1) is 14.7. The largest absolute Gasteiger partial charge is 0.344 e. The number of hydrogen-bond donors (Lipinski definition) is 2. The Morgan fingerprint density at radius 3 is 2.61 bits per heavy atom. The molecule has 0 aliphatic heterocycles. The number of amides is 1. The quantitative estimate of drug-likeness (QED) is 0.453. The molecule has 2 N–H and O–H groups in total. The van der Waals surface area contributed by atoms with Gasteiger partial charge in [-0.1, -0.05) is 0 Å². The summed E-state index contributed by atoms with van der Waals surface area (Å²) in [5.41, 5.74) is -0.133. The highest BCUT2D eigenvalue weighted by Crippen LogP contribution is 2.37. The highest BCUT2D eigenvalue weighted by molar-refractivity contribution is 9.10. The summed E-state index contributed by atoms with van der Waals surface area (Å²) in [5.74, 6) is -2.67. The Morgan fingerprint density at radius 2 is 2.00 bits per heavy atom. The van der Waals surface area contributed by atoms with Gasteiger partial charge in [0.1, 0.15) is 16.8 Å². The van der Waals surface area contributed by atoms with Gasteiger partial charge in [0.25, 0.3) is 5.91 Å². The predicted molar refractivity (Wildman–Crippen MR) is 115 cm³/mol. The van der Waals surface area contributed by atoms with Crippen molar-refractivity contribution in [1.29, 1.82) is 0 Å². The van der Waals surface area contributed by atoms with Gasteiger partial charge in [0, 0.05) is 17.2 Å². The fourth-order valence-electron chi connectivity index (χ4n) is 3.43. The van der Waals surface area contributed by atoms with Crippen molar-refractivity contribution in [3.8, 4) is 0 Å². The molecule has 4 rings (SSSR count). The Bertz CT molecular complexity index is 1190. The molecule has 2 aromatic heterocycles. The minimum Gasteiger partial charge on any atom is -0.344 e. The number of hydrogen-bond acceptors (Lipinski definition) is 4. The maximum Gasteiger partial charge on any atom is 0.252 e. The summed E-state index contributed by atoms with van der Waals surface area (Å²) in [6.45, 7) is 4.53. The van der Waals surface area contributed by atoms with Gasteiger partial charge >= 0.3 is 0 Å². The van der Waals surface area contributed by atoms with E-state index in [0.717, 1.165) is 0 Å². The molecule has 1 saturated carbocycles. The molecule has 1 aromatic carbocycles. The number of fused-ring (bicyclic) bond motifs is 1. The molecule has 2 heterocycles. The number of carbonyl (C=O) groups excluding carboxylic acids is 1. The van der Waals surface area contributed by atoms with Crippen molar-refractivity contribution in [1.82, 2.24) is 19.9 Å². The summed E-state index contributed by atoms with van der Waals surface area (Å²) in [4.78, 5) is 21.4. The SMILES string of the molecule is Cc1c(C(=O)NC2(CF)CC2)cc(Nc2nc(Br)cc3ncn(C(C)C)c23)c(F)c1F. The summed E-state index contributed by atoms with van der Waals surface area (Å²) in [6, 6.07) is 2.99. The number of pyridine rings is 1. The average Bonchev–Trinajstić information content (AvgIpc) is 3.36. The number of carbonyl (C=O) groups is 1. The first kappa shape index (κ1) is 21.6. The molecule has 6 nitrogen and oxygen atoms in total. The number of rotatable bonds is 6. The van der Waals surface area contributed by atoms with E-state index in [9.17, 15) is 18.0 Å². The second kappa shape index (κ2) is 7.81. The lowest BCUT2D eigenvalue weighted by Crippen LogP contribution is -2.39. The predicted octanol–water partition coefficient (Wildman–Crippen LogP) is 5.34. The van der Waals surface area contributed by atoms with E-state index in [0.29, 0.717) is 28.5 Å². The molecular weight excluding hydrogens is 475 g/mol. The summed E-state index contributed by atoms with van der Waals surface area (Å²) in [5, 5.41) is 5.42. The Morgan fingerprint density at radius 1 is 1.29 bits per heavy atom. The molecular formula is C21H21BrF3N5O. The Balaban J connectivity index is 1.78. The number of anilines is 2. The smallest absolute Gasteiger partial charge is 0.252 e. The Hall–Kier alpha value is -2.62. The van der Waals surface area contributed by atoms with Crippen LogP contribution in [0.3, 0.4) is 0 Å². The van der Waals surface area contributed by atoms with Gasteiger partial charge in [0.05, 0.1) is 23.1 Å². The van der Waals surface area contributed by atoms with Gasteiger partial charge < -0.3 is 15.2 Å². The molecule has 164 valence electrons. The molecule has 1 aliphatic carbocycles. The maximum atomic E-state index is 14.8. The van der Waals surface area contributed by atoms with Crippen molar-refractivity contribution >= 4 is 44.4 Å². The summed E-state index contributed by atoms with van der Waals surface area (Å²) in [7, 11) is 0. The van der Waals surface area contributed by atoms with Crippen LogP contribution in [0.1, 0.15) is 48.7 Å². The first-order valence-corrected chi connectivity index (χ1v) is 10.6. The van der Waals surface area contributed by atoms with Gasteiger partial charge in [-0.05, 0) is 61.7 Å². The van der Waals surface area contributed by atoms with Crippen molar-refractivity contribution in [3.63, 3.8) is 0 Å². The summed E-state index contributed by atoms with van der Waals surface area (Å²) in [6.07, 6.45) is 2.68. The van der Waals surface area contributed by atoms with Crippen molar-refractivity contribution in [2.45, 2.75) is 45.2 Å². The van der Waals surface area contributed by atoms with E-state index in [1.165, 1.54) is 13.0 Å². The van der Waals surface area contributed by atoms with Crippen LogP contribution in [0.2, 0.25) is 0 Å². The molecule has 0 radical (unpaired) electrons. The van der Waals surface area contributed by atoms with Crippen LogP contribution in [0.25, 0.3) is 11.0 Å². The number of alkyl halides is 1. The van der Waals surface area contributed by atoms with E-state index < -0.39 is 29.8 Å². The van der Waals surface area contributed by atoms with Crippen LogP contribution < -0.4 is 10.6 Å². The van der Waals surface area contributed by atoms with Crippen LogP contribution in [-0.2, 0) is 0 Å². The van der Waals surface area contributed by atoms with E-state index in [2.05, 4.69) is 36.5 Å². The third-order valence-corrected chi connectivity index (χ3v) is 5.92. The van der Waals surface area contributed by atoms with Crippen LogP contribution in [-0.4, -0.2) is 32.7 Å². The maximum absolute atomic E-state index is 14.8. The minimum absolute atomic E-state index is 0.0462.